The number of aromatic nitrogens is 4. The lowest BCUT2D eigenvalue weighted by atomic mass is 10.1. The topological polar surface area (TPSA) is 84.3 Å². The minimum absolute atomic E-state index is 0.0579. The van der Waals surface area contributed by atoms with E-state index in [0.717, 1.165) is 34.0 Å². The number of ketones is 1. The summed E-state index contributed by atoms with van der Waals surface area (Å²) in [6.45, 7) is 4.91. The van der Waals surface area contributed by atoms with E-state index in [9.17, 15) is 4.79 Å². The summed E-state index contributed by atoms with van der Waals surface area (Å²) < 4.78 is 20.2. The number of furan rings is 1. The van der Waals surface area contributed by atoms with Gasteiger partial charge in [0.05, 0.1) is 12.0 Å². The normalized spacial score (nSPS) is 12.5. The second kappa shape index (κ2) is 8.23. The molecule has 0 N–H and O–H groups in total. The standard InChI is InChI=1S/C23H22N4O4S/c1-14-9-17(15(2)27(14)11-16-6-7-19-21(10-16)31-13-30-19)18(28)12-32-23-25-24-22(26(23)3)20-5-4-8-29-20/h4-10H,11-13H2,1-3H3. The lowest BCUT2D eigenvalue weighted by Gasteiger charge is -2.10. The third-order valence-electron chi connectivity index (χ3n) is 5.56. The van der Waals surface area contributed by atoms with E-state index in [0.29, 0.717) is 23.3 Å². The maximum Gasteiger partial charge on any atom is 0.231 e. The number of hydrogen-bond donors (Lipinski definition) is 0. The fraction of sp³-hybridized carbons (Fsp3) is 0.261. The Morgan fingerprint density at radius 3 is 2.78 bits per heavy atom. The molecule has 5 rings (SSSR count). The molecular formula is C23H22N4O4S. The van der Waals surface area contributed by atoms with Crippen molar-refractivity contribution in [3.8, 4) is 23.1 Å². The number of aryl methyl sites for hydroxylation is 1. The molecule has 0 aliphatic carbocycles. The lowest BCUT2D eigenvalue weighted by Crippen LogP contribution is -2.08. The number of fused-ring (bicyclic) bond motifs is 1. The molecule has 0 fully saturated rings. The zero-order valence-electron chi connectivity index (χ0n) is 18.0. The predicted octanol–water partition coefficient (Wildman–Crippen LogP) is 4.25. The van der Waals surface area contributed by atoms with Crippen LogP contribution in [0.15, 0.2) is 52.2 Å². The van der Waals surface area contributed by atoms with Gasteiger partial charge in [-0.15, -0.1) is 10.2 Å². The number of benzene rings is 1. The smallest absolute Gasteiger partial charge is 0.231 e. The lowest BCUT2D eigenvalue weighted by molar-refractivity contribution is 0.102. The highest BCUT2D eigenvalue weighted by Gasteiger charge is 2.20. The van der Waals surface area contributed by atoms with Gasteiger partial charge in [0.1, 0.15) is 0 Å². The largest absolute Gasteiger partial charge is 0.461 e. The van der Waals surface area contributed by atoms with Crippen molar-refractivity contribution >= 4 is 17.5 Å². The minimum Gasteiger partial charge on any atom is -0.461 e. The first kappa shape index (κ1) is 20.4. The Balaban J connectivity index is 1.30. The van der Waals surface area contributed by atoms with Crippen molar-refractivity contribution in [1.29, 1.82) is 0 Å². The van der Waals surface area contributed by atoms with Crippen molar-refractivity contribution in [2.45, 2.75) is 25.5 Å². The average Bonchev–Trinajstić information content (AvgIpc) is 3.57. The van der Waals surface area contributed by atoms with Gasteiger partial charge < -0.3 is 23.0 Å². The molecule has 0 bridgehead atoms. The summed E-state index contributed by atoms with van der Waals surface area (Å²) in [6.07, 6.45) is 1.60. The quantitative estimate of drug-likeness (QED) is 0.307. The summed E-state index contributed by atoms with van der Waals surface area (Å²) in [5.41, 5.74) is 3.80. The predicted molar refractivity (Wildman–Crippen MR) is 119 cm³/mol. The third-order valence-corrected chi connectivity index (χ3v) is 6.58. The molecule has 0 atom stereocenters. The molecule has 164 valence electrons. The van der Waals surface area contributed by atoms with Crippen LogP contribution in [0.25, 0.3) is 11.6 Å². The van der Waals surface area contributed by atoms with Crippen molar-refractivity contribution in [2.75, 3.05) is 12.5 Å². The van der Waals surface area contributed by atoms with Crippen molar-refractivity contribution in [3.05, 3.63) is 65.2 Å². The van der Waals surface area contributed by atoms with Gasteiger partial charge in [0.2, 0.25) is 6.79 Å². The second-order valence-electron chi connectivity index (χ2n) is 7.61. The van der Waals surface area contributed by atoms with Crippen LogP contribution < -0.4 is 9.47 Å². The van der Waals surface area contributed by atoms with Crippen molar-refractivity contribution in [1.82, 2.24) is 19.3 Å². The molecule has 3 aromatic heterocycles. The fourth-order valence-corrected chi connectivity index (χ4v) is 4.61. The number of hydrogen-bond acceptors (Lipinski definition) is 7. The molecule has 4 aromatic rings. The SMILES string of the molecule is Cc1cc(C(=O)CSc2nnc(-c3ccco3)n2C)c(C)n1Cc1ccc2c(c1)OCO2. The molecule has 0 saturated heterocycles. The van der Waals surface area contributed by atoms with Crippen LogP contribution >= 0.6 is 11.8 Å². The summed E-state index contributed by atoms with van der Waals surface area (Å²) in [4.78, 5) is 13.0. The van der Waals surface area contributed by atoms with E-state index >= 15 is 0 Å². The number of ether oxygens (including phenoxy) is 2. The monoisotopic (exact) mass is 450 g/mol. The van der Waals surface area contributed by atoms with Gasteiger partial charge in [-0.3, -0.25) is 4.79 Å². The van der Waals surface area contributed by atoms with E-state index < -0.39 is 0 Å². The van der Waals surface area contributed by atoms with Crippen LogP contribution in [0.5, 0.6) is 11.5 Å². The summed E-state index contributed by atoms with van der Waals surface area (Å²) >= 11 is 1.37. The van der Waals surface area contributed by atoms with Crippen molar-refractivity contribution in [3.63, 3.8) is 0 Å². The molecule has 9 heteroatoms. The highest BCUT2D eigenvalue weighted by Crippen LogP contribution is 2.33. The van der Waals surface area contributed by atoms with Gasteiger partial charge in [-0.1, -0.05) is 17.8 Å². The Labute approximate surface area is 189 Å². The number of carbonyl (C=O) groups is 1. The van der Waals surface area contributed by atoms with Crippen molar-refractivity contribution in [2.24, 2.45) is 7.05 Å². The minimum atomic E-state index is 0.0579. The van der Waals surface area contributed by atoms with Gasteiger partial charge in [0.25, 0.3) is 0 Å². The summed E-state index contributed by atoms with van der Waals surface area (Å²) in [5, 5.41) is 9.05. The van der Waals surface area contributed by atoms with Crippen LogP contribution in [0.4, 0.5) is 0 Å². The third kappa shape index (κ3) is 3.69. The Morgan fingerprint density at radius 1 is 1.12 bits per heavy atom. The summed E-state index contributed by atoms with van der Waals surface area (Å²) in [7, 11) is 1.86. The van der Waals surface area contributed by atoms with Crippen molar-refractivity contribution < 1.29 is 18.7 Å². The number of thioether (sulfide) groups is 1. The van der Waals surface area contributed by atoms with Gasteiger partial charge in [-0.2, -0.15) is 0 Å². The van der Waals surface area contributed by atoms with Gasteiger partial charge in [-0.25, -0.2) is 0 Å². The summed E-state index contributed by atoms with van der Waals surface area (Å²) in [6, 6.07) is 11.5. The Bertz CT molecular complexity index is 1290. The first-order chi connectivity index (χ1) is 15.5. The van der Waals surface area contributed by atoms with E-state index in [1.807, 2.05) is 55.8 Å². The molecule has 4 heterocycles. The molecule has 1 aromatic carbocycles. The second-order valence-corrected chi connectivity index (χ2v) is 8.56. The molecule has 1 aliphatic rings. The van der Waals surface area contributed by atoms with E-state index in [1.54, 1.807) is 12.3 Å². The zero-order chi connectivity index (χ0) is 22.2. The number of Topliss-reactive ketones (excluding diaryl/α,β-unsaturated/α-hetero) is 1. The molecule has 0 radical (unpaired) electrons. The van der Waals surface area contributed by atoms with Gasteiger partial charge >= 0.3 is 0 Å². The van der Waals surface area contributed by atoms with Gasteiger partial charge in [-0.05, 0) is 49.7 Å². The van der Waals surface area contributed by atoms with E-state index in [-0.39, 0.29) is 18.3 Å². The maximum atomic E-state index is 13.0. The maximum absolute atomic E-state index is 13.0. The van der Waals surface area contributed by atoms with Crippen LogP contribution in [0.3, 0.4) is 0 Å². The first-order valence-electron chi connectivity index (χ1n) is 10.2. The highest BCUT2D eigenvalue weighted by molar-refractivity contribution is 7.99. The molecule has 1 aliphatic heterocycles. The average molecular weight is 451 g/mol. The number of carbonyl (C=O) groups excluding carboxylic acids is 1. The van der Waals surface area contributed by atoms with E-state index in [4.69, 9.17) is 13.9 Å². The molecule has 0 spiro atoms. The number of nitrogens with zero attached hydrogens (tertiary/aromatic N) is 4. The Kier molecular flexibility index (Phi) is 5.26. The zero-order valence-corrected chi connectivity index (χ0v) is 18.8. The highest BCUT2D eigenvalue weighted by atomic mass is 32.2. The van der Waals surface area contributed by atoms with Gasteiger partial charge in [0.15, 0.2) is 34.0 Å². The molecule has 8 nitrogen and oxygen atoms in total. The Morgan fingerprint density at radius 2 is 1.97 bits per heavy atom. The van der Waals surface area contributed by atoms with Crippen LogP contribution in [0.1, 0.15) is 27.3 Å². The number of rotatable bonds is 7. The van der Waals surface area contributed by atoms with Crippen LogP contribution in [0.2, 0.25) is 0 Å². The van der Waals surface area contributed by atoms with Crippen LogP contribution in [0, 0.1) is 13.8 Å². The molecule has 0 amide bonds. The Hall–Kier alpha value is -3.46. The van der Waals surface area contributed by atoms with E-state index in [2.05, 4.69) is 14.8 Å². The van der Waals surface area contributed by atoms with Gasteiger partial charge in [0, 0.05) is 30.5 Å². The molecule has 0 saturated carbocycles. The van der Waals surface area contributed by atoms with Crippen LogP contribution in [-0.2, 0) is 13.6 Å². The first-order valence-corrected chi connectivity index (χ1v) is 11.1. The molecule has 32 heavy (non-hydrogen) atoms. The summed E-state index contributed by atoms with van der Waals surface area (Å²) in [5.74, 6) is 3.13. The molecular weight excluding hydrogens is 428 g/mol. The molecule has 0 unspecified atom stereocenters. The fourth-order valence-electron chi connectivity index (χ4n) is 3.82. The van der Waals surface area contributed by atoms with Crippen LogP contribution in [-0.4, -0.2) is 37.7 Å². The van der Waals surface area contributed by atoms with E-state index in [1.165, 1.54) is 11.8 Å².